The van der Waals surface area contributed by atoms with E-state index in [1.807, 2.05) is 0 Å². The van der Waals surface area contributed by atoms with E-state index in [1.54, 1.807) is 6.07 Å². The Morgan fingerprint density at radius 1 is 1.00 bits per heavy atom. The van der Waals surface area contributed by atoms with E-state index in [-0.39, 0.29) is 21.0 Å². The molecule has 2 aromatic rings. The number of benzene rings is 2. The van der Waals surface area contributed by atoms with Crippen molar-refractivity contribution in [3.05, 3.63) is 70.7 Å². The molecule has 21 heavy (non-hydrogen) atoms. The Morgan fingerprint density at radius 2 is 1.62 bits per heavy atom. The molecule has 0 bridgehead atoms. The summed E-state index contributed by atoms with van der Waals surface area (Å²) >= 11 is 5.95. The van der Waals surface area contributed by atoms with Crippen molar-refractivity contribution < 1.29 is 16.4 Å². The lowest BCUT2D eigenvalue weighted by molar-refractivity contribution is 0.127. The summed E-state index contributed by atoms with van der Waals surface area (Å²) in [5, 5.41) is 0.276. The van der Waals surface area contributed by atoms with E-state index in [0.29, 0.717) is 0 Å². The van der Waals surface area contributed by atoms with Gasteiger partial charge in [0.2, 0.25) is 0 Å². The molecule has 1 unspecified atom stereocenters. The molecule has 1 saturated heterocycles. The molecule has 3 rings (SSSR count). The minimum atomic E-state index is -3.58. The fourth-order valence-electron chi connectivity index (χ4n) is 2.00. The first-order chi connectivity index (χ1) is 14.8. The maximum atomic E-state index is 9.36. The average Bonchev–Trinajstić information content (AvgIpc) is 2.66. The normalized spacial score (nSPS) is 38.7. The molecule has 1 atom stereocenters. The Morgan fingerprint density at radius 3 is 2.24 bits per heavy atom. The van der Waals surface area contributed by atoms with Gasteiger partial charge in [0.15, 0.2) is 0 Å². The zero-order valence-corrected chi connectivity index (χ0v) is 11.7. The number of rotatable bonds is 3. The quantitative estimate of drug-likeness (QED) is 0.853. The van der Waals surface area contributed by atoms with E-state index >= 15 is 0 Å². The van der Waals surface area contributed by atoms with Crippen LogP contribution in [0.3, 0.4) is 0 Å². The number of hydrogen-bond donors (Lipinski definition) is 0. The molecule has 1 aliphatic heterocycles. The number of nitrogens with zero attached hydrogens (tertiary/aromatic N) is 2. The van der Waals surface area contributed by atoms with Gasteiger partial charge in [0.1, 0.15) is 0 Å². The van der Waals surface area contributed by atoms with Crippen LogP contribution in [0.4, 0.5) is 0 Å². The molecule has 0 saturated carbocycles. The summed E-state index contributed by atoms with van der Waals surface area (Å²) in [7, 11) is 0. The highest BCUT2D eigenvalue weighted by molar-refractivity contribution is 6.30. The Balaban J connectivity index is 2.43. The summed E-state index contributed by atoms with van der Waals surface area (Å²) in [6.45, 7) is -17.7. The van der Waals surface area contributed by atoms with Crippen molar-refractivity contribution >= 4 is 11.6 Å². The molecule has 0 aromatic heterocycles. The standard InChI is InChI=1S/C18H21ClN2/c1-20-11-13-21(14-12-20)18(15-5-3-2-4-6-15)16-7-9-17(19)10-8-16/h2-10,18H,11-14H2,1H3/i1D3,11D2,12D2,13D2,14D2,18D. The fraction of sp³-hybridized carbons (Fsp3) is 0.333. The Kier molecular flexibility index (Phi) is 1.90. The molecular weight excluding hydrogens is 280 g/mol. The summed E-state index contributed by atoms with van der Waals surface area (Å²) < 4.78 is 100. The third-order valence-corrected chi connectivity index (χ3v) is 3.19. The van der Waals surface area contributed by atoms with Crippen LogP contribution in [0.15, 0.2) is 54.6 Å². The van der Waals surface area contributed by atoms with Gasteiger partial charge in [0.05, 0.1) is 7.39 Å². The van der Waals surface area contributed by atoms with Crippen LogP contribution >= 0.6 is 11.6 Å². The molecule has 2 nitrogen and oxygen atoms in total. The zero-order valence-electron chi connectivity index (χ0n) is 23.0. The van der Waals surface area contributed by atoms with E-state index in [9.17, 15) is 1.37 Å². The highest BCUT2D eigenvalue weighted by atomic mass is 35.5. The molecular formula is C18H21ClN2. The summed E-state index contributed by atoms with van der Waals surface area (Å²) in [6, 6.07) is 10.3. The second kappa shape index (κ2) is 6.61. The molecule has 0 spiro atoms. The van der Waals surface area contributed by atoms with E-state index in [1.165, 1.54) is 48.5 Å². The third kappa shape index (κ3) is 3.46. The van der Waals surface area contributed by atoms with Gasteiger partial charge in [-0.25, -0.2) is 0 Å². The van der Waals surface area contributed by atoms with E-state index in [4.69, 9.17) is 26.7 Å². The average molecular weight is 313 g/mol. The molecule has 1 fully saturated rings. The van der Waals surface area contributed by atoms with Crippen LogP contribution in [0.5, 0.6) is 0 Å². The van der Waals surface area contributed by atoms with Crippen LogP contribution < -0.4 is 0 Å². The molecule has 0 amide bonds. The predicted octanol–water partition coefficient (Wildman–Crippen LogP) is 3.68. The van der Waals surface area contributed by atoms with Crippen LogP contribution in [0.25, 0.3) is 0 Å². The van der Waals surface area contributed by atoms with Gasteiger partial charge in [-0.05, 0) is 30.2 Å². The first kappa shape index (κ1) is 6.04. The lowest BCUT2D eigenvalue weighted by Crippen LogP contribution is -2.46. The Labute approximate surface area is 148 Å². The molecule has 0 N–H and O–H groups in total. The van der Waals surface area contributed by atoms with Gasteiger partial charge in [-0.1, -0.05) is 54.1 Å². The lowest BCUT2D eigenvalue weighted by atomic mass is 9.96. The van der Waals surface area contributed by atoms with Crippen molar-refractivity contribution in [1.82, 2.24) is 9.80 Å². The summed E-state index contributed by atoms with van der Waals surface area (Å²) in [5.41, 5.74) is -0.0196. The first-order valence-corrected chi connectivity index (χ1v) is 6.64. The number of piperazine rings is 1. The maximum absolute atomic E-state index is 9.36. The monoisotopic (exact) mass is 312 g/mol. The topological polar surface area (TPSA) is 6.48 Å². The van der Waals surface area contributed by atoms with Gasteiger partial charge in [-0.2, -0.15) is 0 Å². The minimum Gasteiger partial charge on any atom is -0.304 e. The van der Waals surface area contributed by atoms with E-state index in [2.05, 4.69) is 0 Å². The van der Waals surface area contributed by atoms with Gasteiger partial charge >= 0.3 is 0 Å². The van der Waals surface area contributed by atoms with Crippen molar-refractivity contribution in [2.45, 2.75) is 6.02 Å². The van der Waals surface area contributed by atoms with Crippen LogP contribution in [-0.2, 0) is 0 Å². The lowest BCUT2D eigenvalue weighted by Gasteiger charge is -2.38. The number of likely N-dealkylation sites (N-methyl/N-ethyl adjacent to an activating group) is 1. The maximum Gasteiger partial charge on any atom is 0.0602 e. The zero-order chi connectivity index (χ0) is 25.3. The fourth-order valence-corrected chi connectivity index (χ4v) is 2.12. The largest absolute Gasteiger partial charge is 0.304 e. The number of hydrogen-bond acceptors (Lipinski definition) is 2. The molecule has 1 heterocycles. The van der Waals surface area contributed by atoms with Gasteiger partial charge in [0.25, 0.3) is 0 Å². The predicted molar refractivity (Wildman–Crippen MR) is 88.8 cm³/mol. The van der Waals surface area contributed by atoms with Crippen molar-refractivity contribution in [3.63, 3.8) is 0 Å². The van der Waals surface area contributed by atoms with Crippen LogP contribution in [-0.4, -0.2) is 42.8 Å². The van der Waals surface area contributed by atoms with Gasteiger partial charge in [-0.15, -0.1) is 0 Å². The molecule has 110 valence electrons. The minimum absolute atomic E-state index is 0.00834. The summed E-state index contributed by atoms with van der Waals surface area (Å²) in [6.07, 6.45) is 0. The van der Waals surface area contributed by atoms with Crippen LogP contribution in [0.2, 0.25) is 5.02 Å². The van der Waals surface area contributed by atoms with Gasteiger partial charge < -0.3 is 4.90 Å². The van der Waals surface area contributed by atoms with Crippen molar-refractivity contribution in [2.24, 2.45) is 0 Å². The SMILES string of the molecule is [2H]C([2H])([2H])N1C([2H])([2H])C([2H])([2H])N(C([2H])(c2ccccc2)c2ccc(Cl)cc2)C([2H])([2H])C1([2H])[2H]. The van der Waals surface area contributed by atoms with E-state index < -0.39 is 43.9 Å². The van der Waals surface area contributed by atoms with Crippen molar-refractivity contribution in [3.8, 4) is 0 Å². The molecule has 1 aliphatic rings. The Hall–Kier alpha value is -1.35. The summed E-state index contributed by atoms with van der Waals surface area (Å²) in [5.74, 6) is 0. The Bertz CT molecular complexity index is 981. The number of halogens is 1. The van der Waals surface area contributed by atoms with Crippen LogP contribution in [0, 0.1) is 0 Å². The highest BCUT2D eigenvalue weighted by Gasteiger charge is 2.25. The van der Waals surface area contributed by atoms with Gasteiger partial charge in [0, 0.05) is 46.1 Å². The summed E-state index contributed by atoms with van der Waals surface area (Å²) in [4.78, 5) is -0.273. The third-order valence-electron chi connectivity index (χ3n) is 2.94. The molecule has 0 radical (unpaired) electrons. The van der Waals surface area contributed by atoms with Crippen LogP contribution in [0.1, 0.15) is 33.6 Å². The van der Waals surface area contributed by atoms with Gasteiger partial charge in [-0.3, -0.25) is 4.90 Å². The van der Waals surface area contributed by atoms with Crippen molar-refractivity contribution in [1.29, 1.82) is 0 Å². The molecule has 2 aromatic carbocycles. The highest BCUT2D eigenvalue weighted by Crippen LogP contribution is 2.30. The molecule has 3 heteroatoms. The molecule has 0 aliphatic carbocycles. The smallest absolute Gasteiger partial charge is 0.0602 e. The first-order valence-electron chi connectivity index (χ1n) is 12.3. The second-order valence-corrected chi connectivity index (χ2v) is 4.78. The second-order valence-electron chi connectivity index (χ2n) is 4.34. The van der Waals surface area contributed by atoms with E-state index in [0.717, 1.165) is 0 Å². The van der Waals surface area contributed by atoms with Crippen molar-refractivity contribution in [2.75, 3.05) is 33.0 Å².